The zero-order valence-corrected chi connectivity index (χ0v) is 23.0. The molecule has 2 rings (SSSR count). The van der Waals surface area contributed by atoms with Crippen molar-refractivity contribution in [1.82, 2.24) is 0 Å². The van der Waals surface area contributed by atoms with Crippen LogP contribution in [0.3, 0.4) is 0 Å². The molecule has 0 saturated heterocycles. The SMILES string of the molecule is CC(C)(C)[Si](C)(C)OCCCCC#C/C(=C\c1ccccc1)C(O)C#CCSc1ccccc1. The average Bonchev–Trinajstić information content (AvgIpc) is 2.81. The number of thioether (sulfide) groups is 1. The Hall–Kier alpha value is -2.21. The minimum Gasteiger partial charge on any atom is -0.417 e. The number of benzene rings is 2. The fourth-order valence-corrected chi connectivity index (χ4v) is 4.55. The zero-order valence-electron chi connectivity index (χ0n) is 21.2. The van der Waals surface area contributed by atoms with Crippen LogP contribution in [0.15, 0.2) is 71.1 Å². The summed E-state index contributed by atoms with van der Waals surface area (Å²) in [7, 11) is -1.68. The van der Waals surface area contributed by atoms with Crippen LogP contribution in [-0.2, 0) is 4.43 Å². The van der Waals surface area contributed by atoms with Crippen LogP contribution in [0, 0.1) is 23.7 Å². The Morgan fingerprint density at radius 3 is 2.29 bits per heavy atom. The molecule has 0 amide bonds. The standard InChI is InChI=1S/C30H38O2SSi/c1-30(2,3)34(4,5)32-23-15-7-6-12-19-27(25-26-17-10-8-11-18-26)29(31)22-16-24-33-28-20-13-9-14-21-28/h8-11,13-14,17-18,20-21,25,29,31H,6-7,15,23-24H2,1-5H3/b27-25+. The second kappa shape index (κ2) is 14.2. The van der Waals surface area contributed by atoms with Gasteiger partial charge in [-0.25, -0.2) is 0 Å². The predicted octanol–water partition coefficient (Wildman–Crippen LogP) is 7.42. The molecule has 0 aliphatic heterocycles. The molecule has 0 aromatic heterocycles. The Morgan fingerprint density at radius 2 is 1.65 bits per heavy atom. The maximum absolute atomic E-state index is 10.7. The van der Waals surface area contributed by atoms with Gasteiger partial charge in [0, 0.05) is 23.5 Å². The Balaban J connectivity index is 1.93. The lowest BCUT2D eigenvalue weighted by atomic mass is 10.1. The molecule has 180 valence electrons. The van der Waals surface area contributed by atoms with E-state index in [4.69, 9.17) is 4.43 Å². The zero-order chi connectivity index (χ0) is 24.9. The summed E-state index contributed by atoms with van der Waals surface area (Å²) in [5.41, 5.74) is 1.65. The maximum Gasteiger partial charge on any atom is 0.191 e. The number of hydrogen-bond donors (Lipinski definition) is 1. The molecule has 0 aliphatic rings. The molecular formula is C30H38O2SSi. The highest BCUT2D eigenvalue weighted by atomic mass is 32.2. The van der Waals surface area contributed by atoms with Crippen molar-refractivity contribution >= 4 is 26.2 Å². The summed E-state index contributed by atoms with van der Waals surface area (Å²) in [4.78, 5) is 1.17. The molecule has 1 N–H and O–H groups in total. The number of aliphatic hydroxyl groups excluding tert-OH is 1. The number of unbranched alkanes of at least 4 members (excludes halogenated alkanes) is 2. The smallest absolute Gasteiger partial charge is 0.191 e. The van der Waals surface area contributed by atoms with Gasteiger partial charge in [-0.1, -0.05) is 93.0 Å². The van der Waals surface area contributed by atoms with Crippen molar-refractivity contribution in [3.63, 3.8) is 0 Å². The normalized spacial score (nSPS) is 12.8. The maximum atomic E-state index is 10.7. The summed E-state index contributed by atoms with van der Waals surface area (Å²) in [5.74, 6) is 13.1. The minimum atomic E-state index is -1.68. The van der Waals surface area contributed by atoms with Crippen LogP contribution in [0.2, 0.25) is 18.1 Å². The molecule has 0 radical (unpaired) electrons. The van der Waals surface area contributed by atoms with Gasteiger partial charge < -0.3 is 9.53 Å². The molecule has 0 heterocycles. The highest BCUT2D eigenvalue weighted by Crippen LogP contribution is 2.36. The Morgan fingerprint density at radius 1 is 1.00 bits per heavy atom. The second-order valence-corrected chi connectivity index (χ2v) is 15.6. The molecule has 0 fully saturated rings. The quantitative estimate of drug-likeness (QED) is 0.172. The van der Waals surface area contributed by atoms with E-state index in [-0.39, 0.29) is 5.04 Å². The molecule has 2 nitrogen and oxygen atoms in total. The summed E-state index contributed by atoms with van der Waals surface area (Å²) in [5, 5.41) is 10.9. The highest BCUT2D eigenvalue weighted by Gasteiger charge is 2.36. The fourth-order valence-electron chi connectivity index (χ4n) is 2.79. The lowest BCUT2D eigenvalue weighted by molar-refractivity contribution is 0.274. The predicted molar refractivity (Wildman–Crippen MR) is 150 cm³/mol. The monoisotopic (exact) mass is 490 g/mol. The molecule has 2 aromatic rings. The van der Waals surface area contributed by atoms with Crippen LogP contribution in [0.25, 0.3) is 6.08 Å². The van der Waals surface area contributed by atoms with Crippen molar-refractivity contribution in [2.45, 2.75) is 69.2 Å². The van der Waals surface area contributed by atoms with Crippen molar-refractivity contribution in [1.29, 1.82) is 0 Å². The molecular weight excluding hydrogens is 452 g/mol. The van der Waals surface area contributed by atoms with Crippen molar-refractivity contribution < 1.29 is 9.53 Å². The summed E-state index contributed by atoms with van der Waals surface area (Å²) >= 11 is 1.66. The van der Waals surface area contributed by atoms with Gasteiger partial charge in [-0.05, 0) is 54.7 Å². The van der Waals surface area contributed by atoms with Gasteiger partial charge in [-0.3, -0.25) is 0 Å². The molecule has 4 heteroatoms. The Bertz CT molecular complexity index is 1020. The lowest BCUT2D eigenvalue weighted by Gasteiger charge is -2.36. The van der Waals surface area contributed by atoms with Crippen LogP contribution in [-0.4, -0.2) is 31.9 Å². The van der Waals surface area contributed by atoms with E-state index in [1.165, 1.54) is 4.90 Å². The summed E-state index contributed by atoms with van der Waals surface area (Å²) in [6.07, 6.45) is 3.79. The van der Waals surface area contributed by atoms with Gasteiger partial charge in [0.05, 0.1) is 5.75 Å². The second-order valence-electron chi connectivity index (χ2n) is 9.70. The number of aliphatic hydroxyl groups is 1. The largest absolute Gasteiger partial charge is 0.417 e. The molecule has 1 unspecified atom stereocenters. The third kappa shape index (κ3) is 10.4. The van der Waals surface area contributed by atoms with E-state index in [0.29, 0.717) is 11.3 Å². The highest BCUT2D eigenvalue weighted by molar-refractivity contribution is 7.99. The molecule has 0 aliphatic carbocycles. The lowest BCUT2D eigenvalue weighted by Crippen LogP contribution is -2.40. The molecule has 0 bridgehead atoms. The average molecular weight is 491 g/mol. The van der Waals surface area contributed by atoms with E-state index >= 15 is 0 Å². The van der Waals surface area contributed by atoms with E-state index in [0.717, 1.165) is 31.4 Å². The summed E-state index contributed by atoms with van der Waals surface area (Å²) < 4.78 is 6.24. The van der Waals surface area contributed by atoms with Crippen molar-refractivity contribution in [3.8, 4) is 23.7 Å². The van der Waals surface area contributed by atoms with Crippen LogP contribution >= 0.6 is 11.8 Å². The van der Waals surface area contributed by atoms with Gasteiger partial charge >= 0.3 is 0 Å². The summed E-state index contributed by atoms with van der Waals surface area (Å²) in [6.45, 7) is 12.2. The van der Waals surface area contributed by atoms with Gasteiger partial charge in [0.15, 0.2) is 8.32 Å². The van der Waals surface area contributed by atoms with Crippen molar-refractivity contribution in [2.75, 3.05) is 12.4 Å². The van der Waals surface area contributed by atoms with Crippen LogP contribution in [0.4, 0.5) is 0 Å². The molecule has 2 aromatic carbocycles. The van der Waals surface area contributed by atoms with Crippen LogP contribution < -0.4 is 0 Å². The topological polar surface area (TPSA) is 29.5 Å². The van der Waals surface area contributed by atoms with Gasteiger partial charge in [-0.15, -0.1) is 11.8 Å². The van der Waals surface area contributed by atoms with Gasteiger partial charge in [-0.2, -0.15) is 0 Å². The molecule has 34 heavy (non-hydrogen) atoms. The van der Waals surface area contributed by atoms with Crippen LogP contribution in [0.1, 0.15) is 45.6 Å². The third-order valence-electron chi connectivity index (χ3n) is 5.91. The van der Waals surface area contributed by atoms with E-state index < -0.39 is 14.4 Å². The molecule has 0 saturated carbocycles. The first-order valence-corrected chi connectivity index (χ1v) is 15.8. The van der Waals surface area contributed by atoms with Crippen molar-refractivity contribution in [3.05, 3.63) is 71.8 Å². The first-order chi connectivity index (χ1) is 16.2. The summed E-state index contributed by atoms with van der Waals surface area (Å²) in [6, 6.07) is 20.1. The van der Waals surface area contributed by atoms with E-state index in [1.807, 2.05) is 54.6 Å². The van der Waals surface area contributed by atoms with E-state index in [9.17, 15) is 5.11 Å². The number of hydrogen-bond acceptors (Lipinski definition) is 3. The van der Waals surface area contributed by atoms with Crippen LogP contribution in [0.5, 0.6) is 0 Å². The van der Waals surface area contributed by atoms with Gasteiger partial charge in [0.2, 0.25) is 0 Å². The first kappa shape index (κ1) is 28.0. The Labute approximate surface area is 212 Å². The first-order valence-electron chi connectivity index (χ1n) is 11.9. The van der Waals surface area contributed by atoms with Gasteiger partial charge in [0.25, 0.3) is 0 Å². The fraction of sp³-hybridized carbons (Fsp3) is 0.400. The molecule has 0 spiro atoms. The number of rotatable bonds is 9. The third-order valence-corrected chi connectivity index (χ3v) is 11.3. The minimum absolute atomic E-state index is 0.237. The van der Waals surface area contributed by atoms with E-state index in [2.05, 4.69) is 69.7 Å². The molecule has 1 atom stereocenters. The Kier molecular flexibility index (Phi) is 11.7. The van der Waals surface area contributed by atoms with Gasteiger partial charge in [0.1, 0.15) is 6.10 Å². The van der Waals surface area contributed by atoms with Crippen molar-refractivity contribution in [2.24, 2.45) is 0 Å². The van der Waals surface area contributed by atoms with E-state index in [1.54, 1.807) is 11.8 Å².